The van der Waals surface area contributed by atoms with Crippen LogP contribution in [0.2, 0.25) is 0 Å². The number of carbonyl (C=O) groups excluding carboxylic acids is 1. The van der Waals surface area contributed by atoms with Crippen LogP contribution in [0.15, 0.2) is 53.6 Å². The van der Waals surface area contributed by atoms with Gasteiger partial charge in [-0.1, -0.05) is 36.4 Å². The molecule has 0 aliphatic carbocycles. The first-order valence-corrected chi connectivity index (χ1v) is 9.00. The SMILES string of the molecule is Cc1sc2ncn(CC(=O)Oc3cccc4ccccc34)c(=O)c2c1C. The highest BCUT2D eigenvalue weighted by Gasteiger charge is 2.15. The third-order valence-corrected chi connectivity index (χ3v) is 5.54. The molecule has 0 spiro atoms. The molecule has 4 aromatic rings. The first-order chi connectivity index (χ1) is 12.5. The molecule has 6 heteroatoms. The summed E-state index contributed by atoms with van der Waals surface area (Å²) in [6.07, 6.45) is 1.41. The summed E-state index contributed by atoms with van der Waals surface area (Å²) in [6, 6.07) is 13.2. The van der Waals surface area contributed by atoms with E-state index in [9.17, 15) is 9.59 Å². The summed E-state index contributed by atoms with van der Waals surface area (Å²) in [5.41, 5.74) is 0.700. The molecular formula is C20H16N2O3S. The number of carbonyl (C=O) groups is 1. The average Bonchev–Trinajstić information content (AvgIpc) is 2.93. The Morgan fingerprint density at radius 3 is 2.77 bits per heavy atom. The second kappa shape index (κ2) is 6.38. The molecule has 0 aliphatic rings. The molecule has 4 rings (SSSR count). The molecule has 0 bridgehead atoms. The van der Waals surface area contributed by atoms with Crippen LogP contribution in [-0.4, -0.2) is 15.5 Å². The average molecular weight is 364 g/mol. The molecule has 2 aromatic carbocycles. The highest BCUT2D eigenvalue weighted by atomic mass is 32.1. The van der Waals surface area contributed by atoms with Crippen molar-refractivity contribution in [1.29, 1.82) is 0 Å². The fourth-order valence-corrected chi connectivity index (χ4v) is 3.95. The first kappa shape index (κ1) is 16.5. The molecule has 26 heavy (non-hydrogen) atoms. The van der Waals surface area contributed by atoms with Crippen LogP contribution >= 0.6 is 11.3 Å². The number of ether oxygens (including phenoxy) is 1. The van der Waals surface area contributed by atoms with Gasteiger partial charge in [-0.15, -0.1) is 11.3 Å². The van der Waals surface area contributed by atoms with Crippen molar-refractivity contribution in [2.24, 2.45) is 0 Å². The maximum atomic E-state index is 12.7. The third kappa shape index (κ3) is 2.78. The molecule has 2 aromatic heterocycles. The molecular weight excluding hydrogens is 348 g/mol. The second-order valence-electron chi connectivity index (χ2n) is 6.09. The molecule has 0 unspecified atom stereocenters. The summed E-state index contributed by atoms with van der Waals surface area (Å²) in [5, 5.41) is 2.42. The van der Waals surface area contributed by atoms with Crippen LogP contribution < -0.4 is 10.3 Å². The van der Waals surface area contributed by atoms with Crippen molar-refractivity contribution >= 4 is 38.3 Å². The molecule has 2 heterocycles. The van der Waals surface area contributed by atoms with Gasteiger partial charge < -0.3 is 4.74 Å². The Bertz CT molecular complexity index is 1200. The van der Waals surface area contributed by atoms with Crippen LogP contribution in [0.4, 0.5) is 0 Å². The summed E-state index contributed by atoms with van der Waals surface area (Å²) in [5.74, 6) is -0.0213. The highest BCUT2D eigenvalue weighted by molar-refractivity contribution is 7.18. The number of hydrogen-bond acceptors (Lipinski definition) is 5. The number of hydrogen-bond donors (Lipinski definition) is 0. The van der Waals surface area contributed by atoms with Gasteiger partial charge in [0, 0.05) is 10.3 Å². The lowest BCUT2D eigenvalue weighted by molar-refractivity contribution is -0.135. The number of benzene rings is 2. The van der Waals surface area contributed by atoms with E-state index in [1.54, 1.807) is 6.07 Å². The standard InChI is InChI=1S/C20H16N2O3S/c1-12-13(2)26-19-18(12)20(24)22(11-21-19)10-17(23)25-16-9-5-7-14-6-3-4-8-15(14)16/h3-9,11H,10H2,1-2H3. The number of rotatable bonds is 3. The van der Waals surface area contributed by atoms with Gasteiger partial charge in [-0.05, 0) is 30.9 Å². The minimum Gasteiger partial charge on any atom is -0.425 e. The fraction of sp³-hybridized carbons (Fsp3) is 0.150. The summed E-state index contributed by atoms with van der Waals surface area (Å²) in [4.78, 5) is 31.1. The van der Waals surface area contributed by atoms with Crippen LogP contribution in [0.25, 0.3) is 21.0 Å². The van der Waals surface area contributed by atoms with E-state index in [1.807, 2.05) is 50.2 Å². The predicted octanol–water partition coefficient (Wildman–Crippen LogP) is 3.83. The second-order valence-corrected chi connectivity index (χ2v) is 7.30. The zero-order valence-electron chi connectivity index (χ0n) is 14.4. The van der Waals surface area contributed by atoms with Gasteiger partial charge in [0.1, 0.15) is 17.1 Å². The fourth-order valence-electron chi connectivity index (χ4n) is 2.96. The lowest BCUT2D eigenvalue weighted by atomic mass is 10.1. The molecule has 0 fully saturated rings. The molecule has 0 radical (unpaired) electrons. The van der Waals surface area contributed by atoms with Crippen LogP contribution in [0, 0.1) is 13.8 Å². The van der Waals surface area contributed by atoms with E-state index in [2.05, 4.69) is 4.98 Å². The zero-order chi connectivity index (χ0) is 18.3. The zero-order valence-corrected chi connectivity index (χ0v) is 15.2. The van der Waals surface area contributed by atoms with Gasteiger partial charge in [-0.25, -0.2) is 9.78 Å². The van der Waals surface area contributed by atoms with Gasteiger partial charge in [0.25, 0.3) is 5.56 Å². The van der Waals surface area contributed by atoms with Gasteiger partial charge in [-0.2, -0.15) is 0 Å². The van der Waals surface area contributed by atoms with Crippen molar-refractivity contribution in [2.45, 2.75) is 20.4 Å². The van der Waals surface area contributed by atoms with Crippen molar-refractivity contribution < 1.29 is 9.53 Å². The van der Waals surface area contributed by atoms with E-state index in [0.717, 1.165) is 21.2 Å². The van der Waals surface area contributed by atoms with Crippen molar-refractivity contribution in [2.75, 3.05) is 0 Å². The van der Waals surface area contributed by atoms with Crippen molar-refractivity contribution in [3.63, 3.8) is 0 Å². The van der Waals surface area contributed by atoms with Gasteiger partial charge in [0.2, 0.25) is 0 Å². The van der Waals surface area contributed by atoms with Gasteiger partial charge in [0.05, 0.1) is 11.7 Å². The monoisotopic (exact) mass is 364 g/mol. The summed E-state index contributed by atoms with van der Waals surface area (Å²) in [6.45, 7) is 3.68. The van der Waals surface area contributed by atoms with E-state index >= 15 is 0 Å². The largest absolute Gasteiger partial charge is 0.425 e. The maximum absolute atomic E-state index is 12.7. The van der Waals surface area contributed by atoms with E-state index in [4.69, 9.17) is 4.74 Å². The molecule has 0 saturated carbocycles. The predicted molar refractivity (Wildman–Crippen MR) is 103 cm³/mol. The van der Waals surface area contributed by atoms with E-state index in [0.29, 0.717) is 16.0 Å². The Kier molecular flexibility index (Phi) is 4.05. The smallest absolute Gasteiger partial charge is 0.331 e. The summed E-state index contributed by atoms with van der Waals surface area (Å²) >= 11 is 1.48. The normalized spacial score (nSPS) is 11.2. The Morgan fingerprint density at radius 1 is 1.15 bits per heavy atom. The number of aryl methyl sites for hydroxylation is 2. The number of aromatic nitrogens is 2. The Balaban J connectivity index is 1.64. The molecule has 130 valence electrons. The van der Waals surface area contributed by atoms with Crippen molar-refractivity contribution in [3.05, 3.63) is 69.6 Å². The van der Waals surface area contributed by atoms with Gasteiger partial charge in [0.15, 0.2) is 0 Å². The summed E-state index contributed by atoms with van der Waals surface area (Å²) < 4.78 is 6.81. The highest BCUT2D eigenvalue weighted by Crippen LogP contribution is 2.26. The lowest BCUT2D eigenvalue weighted by Gasteiger charge is -2.09. The number of fused-ring (bicyclic) bond motifs is 2. The number of thiophene rings is 1. The molecule has 0 atom stereocenters. The lowest BCUT2D eigenvalue weighted by Crippen LogP contribution is -2.26. The minimum absolute atomic E-state index is 0.181. The van der Waals surface area contributed by atoms with E-state index in [1.165, 1.54) is 22.2 Å². The number of esters is 1. The number of nitrogens with zero attached hydrogens (tertiary/aromatic N) is 2. The molecule has 0 N–H and O–H groups in total. The van der Waals surface area contributed by atoms with E-state index in [-0.39, 0.29) is 12.1 Å². The van der Waals surface area contributed by atoms with E-state index < -0.39 is 5.97 Å². The maximum Gasteiger partial charge on any atom is 0.331 e. The molecule has 0 aliphatic heterocycles. The minimum atomic E-state index is -0.505. The Hall–Kier alpha value is -2.99. The Labute approximate surface area is 153 Å². The molecule has 5 nitrogen and oxygen atoms in total. The molecule has 0 saturated heterocycles. The van der Waals surface area contributed by atoms with Crippen LogP contribution in [-0.2, 0) is 11.3 Å². The molecule has 0 amide bonds. The van der Waals surface area contributed by atoms with Crippen molar-refractivity contribution in [1.82, 2.24) is 9.55 Å². The van der Waals surface area contributed by atoms with Crippen LogP contribution in [0.3, 0.4) is 0 Å². The first-order valence-electron chi connectivity index (χ1n) is 8.18. The van der Waals surface area contributed by atoms with Gasteiger partial charge in [-0.3, -0.25) is 9.36 Å². The van der Waals surface area contributed by atoms with Gasteiger partial charge >= 0.3 is 5.97 Å². The van der Waals surface area contributed by atoms with Crippen LogP contribution in [0.5, 0.6) is 5.75 Å². The Morgan fingerprint density at radius 2 is 1.92 bits per heavy atom. The van der Waals surface area contributed by atoms with Crippen molar-refractivity contribution in [3.8, 4) is 5.75 Å². The van der Waals surface area contributed by atoms with Crippen LogP contribution in [0.1, 0.15) is 10.4 Å². The summed E-state index contributed by atoms with van der Waals surface area (Å²) in [7, 11) is 0. The topological polar surface area (TPSA) is 61.2 Å². The third-order valence-electron chi connectivity index (χ3n) is 4.43. The quantitative estimate of drug-likeness (QED) is 0.409.